The summed E-state index contributed by atoms with van der Waals surface area (Å²) in [4.78, 5) is 9.97. The maximum absolute atomic E-state index is 13.3. The third-order valence-electron chi connectivity index (χ3n) is 2.62. The molecule has 2 aromatic carbocycles. The van der Waals surface area contributed by atoms with Gasteiger partial charge in [-0.05, 0) is 23.8 Å². The van der Waals surface area contributed by atoms with Gasteiger partial charge in [-0.3, -0.25) is 10.1 Å². The molecule has 0 bridgehead atoms. The Balaban J connectivity index is 2.15. The summed E-state index contributed by atoms with van der Waals surface area (Å²) in [6.45, 7) is -0.0547. The van der Waals surface area contributed by atoms with Gasteiger partial charge in [0.15, 0.2) is 0 Å². The van der Waals surface area contributed by atoms with Gasteiger partial charge in [-0.15, -0.1) is 0 Å². The highest BCUT2D eigenvalue weighted by atomic mass is 35.5. The molecule has 0 aliphatic rings. The van der Waals surface area contributed by atoms with E-state index in [-0.39, 0.29) is 17.3 Å². The first-order chi connectivity index (χ1) is 9.99. The van der Waals surface area contributed by atoms with Crippen LogP contribution in [0.25, 0.3) is 0 Å². The summed E-state index contributed by atoms with van der Waals surface area (Å²) in [5.74, 6) is -0.327. The van der Waals surface area contributed by atoms with E-state index in [1.54, 1.807) is 0 Å². The monoisotopic (exact) mass is 306 g/mol. The van der Waals surface area contributed by atoms with Crippen LogP contribution in [0.3, 0.4) is 0 Å². The number of nitro benzene ring substituents is 1. The SMILES string of the molecule is N#Cc1ccc(OCc2cc(F)cc([N+](=O)[O-])c2)cc1Cl. The second-order valence-corrected chi connectivity index (χ2v) is 4.52. The smallest absolute Gasteiger partial charge is 0.272 e. The fraction of sp³-hybridized carbons (Fsp3) is 0.0714. The second-order valence-electron chi connectivity index (χ2n) is 4.12. The van der Waals surface area contributed by atoms with Crippen molar-refractivity contribution in [1.29, 1.82) is 5.26 Å². The molecule has 0 aliphatic heterocycles. The molecule has 0 fully saturated rings. The molecule has 21 heavy (non-hydrogen) atoms. The lowest BCUT2D eigenvalue weighted by Crippen LogP contribution is -1.98. The number of hydrogen-bond acceptors (Lipinski definition) is 4. The lowest BCUT2D eigenvalue weighted by molar-refractivity contribution is -0.385. The molecule has 7 heteroatoms. The van der Waals surface area contributed by atoms with E-state index in [1.807, 2.05) is 6.07 Å². The average molecular weight is 307 g/mol. The molecule has 0 radical (unpaired) electrons. The molecule has 0 N–H and O–H groups in total. The molecular weight excluding hydrogens is 299 g/mol. The van der Waals surface area contributed by atoms with Gasteiger partial charge in [0, 0.05) is 12.1 Å². The summed E-state index contributed by atoms with van der Waals surface area (Å²) >= 11 is 5.85. The van der Waals surface area contributed by atoms with Crippen molar-refractivity contribution in [2.45, 2.75) is 6.61 Å². The van der Waals surface area contributed by atoms with E-state index in [2.05, 4.69) is 0 Å². The number of benzene rings is 2. The quantitative estimate of drug-likeness (QED) is 0.635. The number of hydrogen-bond donors (Lipinski definition) is 0. The Labute approximate surface area is 124 Å². The van der Waals surface area contributed by atoms with Crippen LogP contribution in [0.5, 0.6) is 5.75 Å². The first-order valence-corrected chi connectivity index (χ1v) is 6.13. The number of ether oxygens (including phenoxy) is 1. The maximum atomic E-state index is 13.3. The van der Waals surface area contributed by atoms with Crippen LogP contribution < -0.4 is 4.74 Å². The van der Waals surface area contributed by atoms with Crippen molar-refractivity contribution < 1.29 is 14.1 Å². The minimum absolute atomic E-state index is 0.0547. The van der Waals surface area contributed by atoms with Gasteiger partial charge in [-0.25, -0.2) is 4.39 Å². The Hall–Kier alpha value is -2.65. The Morgan fingerprint density at radius 1 is 1.33 bits per heavy atom. The number of nitrogens with zero attached hydrogens (tertiary/aromatic N) is 2. The van der Waals surface area contributed by atoms with Gasteiger partial charge >= 0.3 is 0 Å². The van der Waals surface area contributed by atoms with Crippen LogP contribution in [0.1, 0.15) is 11.1 Å². The van der Waals surface area contributed by atoms with Gasteiger partial charge in [0.2, 0.25) is 0 Å². The average Bonchev–Trinajstić information content (AvgIpc) is 2.44. The molecule has 5 nitrogen and oxygen atoms in total. The molecular formula is C14H8ClFN2O3. The Morgan fingerprint density at radius 2 is 2.10 bits per heavy atom. The molecule has 0 atom stereocenters. The van der Waals surface area contributed by atoms with Crippen molar-refractivity contribution in [2.24, 2.45) is 0 Å². The molecule has 2 rings (SSSR count). The fourth-order valence-corrected chi connectivity index (χ4v) is 1.88. The van der Waals surface area contributed by atoms with E-state index in [1.165, 1.54) is 24.3 Å². The largest absolute Gasteiger partial charge is 0.489 e. The van der Waals surface area contributed by atoms with E-state index in [4.69, 9.17) is 21.6 Å². The molecule has 0 saturated heterocycles. The number of halogens is 2. The van der Waals surface area contributed by atoms with Crippen LogP contribution in [0, 0.1) is 27.3 Å². The first-order valence-electron chi connectivity index (χ1n) is 5.76. The van der Waals surface area contributed by atoms with E-state index >= 15 is 0 Å². The Morgan fingerprint density at radius 3 is 2.71 bits per heavy atom. The second kappa shape index (κ2) is 6.20. The van der Waals surface area contributed by atoms with Gasteiger partial charge in [0.05, 0.1) is 21.6 Å². The van der Waals surface area contributed by atoms with Crippen LogP contribution in [0.2, 0.25) is 5.02 Å². The highest BCUT2D eigenvalue weighted by molar-refractivity contribution is 6.31. The number of nitriles is 1. The van der Waals surface area contributed by atoms with Crippen molar-refractivity contribution in [3.63, 3.8) is 0 Å². The fourth-order valence-electron chi connectivity index (χ4n) is 1.67. The summed E-state index contributed by atoms with van der Waals surface area (Å²) in [5, 5.41) is 19.6. The predicted molar refractivity (Wildman–Crippen MR) is 73.6 cm³/mol. The summed E-state index contributed by atoms with van der Waals surface area (Å²) in [5.41, 5.74) is 0.291. The molecule has 0 amide bonds. The predicted octanol–water partition coefficient (Wildman–Crippen LogP) is 3.84. The summed E-state index contributed by atoms with van der Waals surface area (Å²) in [7, 11) is 0. The van der Waals surface area contributed by atoms with Crippen molar-refractivity contribution in [1.82, 2.24) is 0 Å². The number of rotatable bonds is 4. The van der Waals surface area contributed by atoms with Crippen molar-refractivity contribution in [3.05, 3.63) is 68.5 Å². The zero-order valence-corrected chi connectivity index (χ0v) is 11.3. The van der Waals surface area contributed by atoms with Gasteiger partial charge in [-0.1, -0.05) is 11.6 Å². The molecule has 106 valence electrons. The van der Waals surface area contributed by atoms with Gasteiger partial charge < -0.3 is 4.74 Å². The standard InChI is InChI=1S/C14H8ClFN2O3/c15-14-6-13(2-1-10(14)7-17)21-8-9-3-11(16)5-12(4-9)18(19)20/h1-6H,8H2. The van der Waals surface area contributed by atoms with Crippen molar-refractivity contribution in [3.8, 4) is 11.8 Å². The molecule has 2 aromatic rings. The third kappa shape index (κ3) is 3.68. The van der Waals surface area contributed by atoms with E-state index in [9.17, 15) is 14.5 Å². The molecule has 0 aromatic heterocycles. The Bertz CT molecular complexity index is 743. The molecule has 0 unspecified atom stereocenters. The normalized spacial score (nSPS) is 9.95. The minimum Gasteiger partial charge on any atom is -0.489 e. The topological polar surface area (TPSA) is 76.2 Å². The van der Waals surface area contributed by atoms with Crippen molar-refractivity contribution in [2.75, 3.05) is 0 Å². The summed E-state index contributed by atoms with van der Waals surface area (Å²) in [6, 6.07) is 9.61. The summed E-state index contributed by atoms with van der Waals surface area (Å²) < 4.78 is 18.6. The lowest BCUT2D eigenvalue weighted by Gasteiger charge is -2.07. The maximum Gasteiger partial charge on any atom is 0.272 e. The van der Waals surface area contributed by atoms with Crippen LogP contribution in [-0.4, -0.2) is 4.92 Å². The summed E-state index contributed by atoms with van der Waals surface area (Å²) in [6.07, 6.45) is 0. The van der Waals surface area contributed by atoms with E-state index in [0.29, 0.717) is 16.9 Å². The highest BCUT2D eigenvalue weighted by Gasteiger charge is 2.10. The molecule has 0 saturated carbocycles. The number of non-ortho nitro benzene ring substituents is 1. The van der Waals surface area contributed by atoms with Crippen LogP contribution in [0.15, 0.2) is 36.4 Å². The van der Waals surface area contributed by atoms with Crippen molar-refractivity contribution >= 4 is 17.3 Å². The molecule has 0 spiro atoms. The van der Waals surface area contributed by atoms with E-state index < -0.39 is 10.7 Å². The Kier molecular flexibility index (Phi) is 4.36. The van der Waals surface area contributed by atoms with E-state index in [0.717, 1.165) is 12.1 Å². The van der Waals surface area contributed by atoms with Gasteiger partial charge in [0.1, 0.15) is 24.2 Å². The third-order valence-corrected chi connectivity index (χ3v) is 2.93. The minimum atomic E-state index is -0.708. The zero-order chi connectivity index (χ0) is 15.4. The van der Waals surface area contributed by atoms with Crippen LogP contribution in [-0.2, 0) is 6.61 Å². The van der Waals surface area contributed by atoms with Crippen LogP contribution in [0.4, 0.5) is 10.1 Å². The van der Waals surface area contributed by atoms with Crippen LogP contribution >= 0.6 is 11.6 Å². The lowest BCUT2D eigenvalue weighted by atomic mass is 10.2. The highest BCUT2D eigenvalue weighted by Crippen LogP contribution is 2.23. The van der Waals surface area contributed by atoms with Gasteiger partial charge in [-0.2, -0.15) is 5.26 Å². The molecule has 0 aliphatic carbocycles. The first kappa shape index (κ1) is 14.8. The zero-order valence-electron chi connectivity index (χ0n) is 10.5. The number of nitro groups is 1. The van der Waals surface area contributed by atoms with Gasteiger partial charge in [0.25, 0.3) is 5.69 Å². The molecule has 0 heterocycles.